The van der Waals surface area contributed by atoms with Gasteiger partial charge in [-0.1, -0.05) is 0 Å². The normalized spacial score (nSPS) is 14.5. The van der Waals surface area contributed by atoms with Crippen molar-refractivity contribution in [2.45, 2.75) is 0 Å². The number of nitrogen functional groups attached to an aromatic ring is 1. The highest BCUT2D eigenvalue weighted by Gasteiger charge is 2.13. The number of hydrogen-bond donors (Lipinski definition) is 1. The summed E-state index contributed by atoms with van der Waals surface area (Å²) in [4.78, 5) is 0. The summed E-state index contributed by atoms with van der Waals surface area (Å²) >= 11 is 0. The number of rotatable bonds is 0. The molecule has 0 fully saturated rings. The van der Waals surface area contributed by atoms with Crippen molar-refractivity contribution in [1.82, 2.24) is 0 Å². The number of nitrogens with two attached hydrogens (primary N) is 1. The van der Waals surface area contributed by atoms with Crippen molar-refractivity contribution in [3.05, 3.63) is 29.8 Å². The second-order valence-corrected chi connectivity index (χ2v) is 2.94. The fourth-order valence-electron chi connectivity index (χ4n) is 1.38. The van der Waals surface area contributed by atoms with Gasteiger partial charge >= 0.3 is 0 Å². The van der Waals surface area contributed by atoms with E-state index in [1.807, 2.05) is 22.8 Å². The molecule has 1 heterocycles. The molecule has 1 aliphatic rings. The molecule has 0 aliphatic carbocycles. The van der Waals surface area contributed by atoms with Crippen LogP contribution in [0.2, 0.25) is 0 Å². The largest absolute Gasteiger partial charge is 0.399 e. The summed E-state index contributed by atoms with van der Waals surface area (Å²) in [6.07, 6.45) is 4.18. The average Bonchev–Trinajstić information content (AvgIpc) is 2.07. The van der Waals surface area contributed by atoms with Crippen LogP contribution in [0.3, 0.4) is 0 Å². The minimum atomic E-state index is 0.790. The lowest BCUT2D eigenvalue weighted by Gasteiger charge is -2.07. The second-order valence-electron chi connectivity index (χ2n) is 2.94. The summed E-state index contributed by atoms with van der Waals surface area (Å²) in [5, 5.41) is 0. The van der Waals surface area contributed by atoms with E-state index in [0.717, 1.165) is 17.9 Å². The predicted octanol–water partition coefficient (Wildman–Crippen LogP) is 1.64. The van der Waals surface area contributed by atoms with Gasteiger partial charge in [0, 0.05) is 17.3 Å². The summed E-state index contributed by atoms with van der Waals surface area (Å²) in [5.74, 6) is 0. The minimum Gasteiger partial charge on any atom is -0.399 e. The van der Waals surface area contributed by atoms with Crippen LogP contribution < -0.4 is 5.73 Å². The molecule has 2 nitrogen and oxygen atoms in total. The van der Waals surface area contributed by atoms with Crippen LogP contribution in [0.25, 0.3) is 6.08 Å². The number of benzene rings is 1. The van der Waals surface area contributed by atoms with Gasteiger partial charge in [-0.15, -0.1) is 0 Å². The van der Waals surface area contributed by atoms with Crippen LogP contribution in [-0.4, -0.2) is 17.8 Å². The van der Waals surface area contributed by atoms with E-state index in [9.17, 15) is 0 Å². The van der Waals surface area contributed by atoms with Crippen molar-refractivity contribution in [3.63, 3.8) is 0 Å². The second kappa shape index (κ2) is 2.48. The number of hydrogen-bond acceptors (Lipinski definition) is 1. The summed E-state index contributed by atoms with van der Waals surface area (Å²) in [6, 6.07) is 5.87. The first-order valence-electron chi connectivity index (χ1n) is 3.91. The van der Waals surface area contributed by atoms with Crippen LogP contribution in [0.1, 0.15) is 5.56 Å². The van der Waals surface area contributed by atoms with E-state index >= 15 is 0 Å². The average molecular weight is 159 g/mol. The lowest BCUT2D eigenvalue weighted by atomic mass is 10.1. The lowest BCUT2D eigenvalue weighted by Crippen LogP contribution is -2.07. The first-order valence-corrected chi connectivity index (χ1v) is 3.91. The fourth-order valence-corrected chi connectivity index (χ4v) is 1.38. The molecular formula is C10H11N2+. The standard InChI is InChI=1S/C10H11N2/c1-12-6-2-3-8-4-5-9(11)7-10(8)12/h2-5,7H,1,6,11H2/q+1. The van der Waals surface area contributed by atoms with Crippen molar-refractivity contribution in [3.8, 4) is 0 Å². The molecule has 60 valence electrons. The van der Waals surface area contributed by atoms with Crippen LogP contribution in [0.15, 0.2) is 24.3 Å². The Morgan fingerprint density at radius 2 is 2.25 bits per heavy atom. The van der Waals surface area contributed by atoms with E-state index in [1.165, 1.54) is 5.56 Å². The third kappa shape index (κ3) is 1.01. The maximum absolute atomic E-state index is 5.67. The Morgan fingerprint density at radius 3 is 3.08 bits per heavy atom. The molecule has 0 saturated heterocycles. The molecule has 0 unspecified atom stereocenters. The molecular weight excluding hydrogens is 148 g/mol. The van der Waals surface area contributed by atoms with Gasteiger partial charge in [0.1, 0.15) is 6.72 Å². The highest BCUT2D eigenvalue weighted by molar-refractivity contribution is 5.67. The van der Waals surface area contributed by atoms with E-state index in [0.29, 0.717) is 0 Å². The van der Waals surface area contributed by atoms with Crippen molar-refractivity contribution < 1.29 is 4.58 Å². The van der Waals surface area contributed by atoms with Crippen molar-refractivity contribution in [1.29, 1.82) is 0 Å². The van der Waals surface area contributed by atoms with Crippen LogP contribution >= 0.6 is 0 Å². The van der Waals surface area contributed by atoms with Gasteiger partial charge in [-0.25, -0.2) is 4.58 Å². The summed E-state index contributed by atoms with van der Waals surface area (Å²) in [5.41, 5.74) is 8.75. The Bertz CT molecular complexity index is 364. The van der Waals surface area contributed by atoms with E-state index < -0.39 is 0 Å². The zero-order valence-corrected chi connectivity index (χ0v) is 6.83. The molecule has 2 rings (SSSR count). The van der Waals surface area contributed by atoms with Gasteiger partial charge < -0.3 is 5.73 Å². The van der Waals surface area contributed by atoms with Gasteiger partial charge in [-0.3, -0.25) is 0 Å². The molecule has 12 heavy (non-hydrogen) atoms. The maximum atomic E-state index is 5.67. The highest BCUT2D eigenvalue weighted by atomic mass is 15.0. The summed E-state index contributed by atoms with van der Waals surface area (Å²) in [6.45, 7) is 4.76. The SMILES string of the molecule is C=[N+]1CC=Cc2ccc(N)cc21. The molecule has 0 aromatic heterocycles. The van der Waals surface area contributed by atoms with Gasteiger partial charge in [0.25, 0.3) is 0 Å². The molecule has 0 spiro atoms. The number of anilines is 1. The molecule has 1 aromatic rings. The maximum Gasteiger partial charge on any atom is 0.214 e. The molecule has 2 heteroatoms. The minimum absolute atomic E-state index is 0.790. The molecule has 1 aliphatic heterocycles. The van der Waals surface area contributed by atoms with Gasteiger partial charge in [-0.05, 0) is 24.3 Å². The quantitative estimate of drug-likeness (QED) is 0.452. The molecule has 0 amide bonds. The molecule has 1 aromatic carbocycles. The van der Waals surface area contributed by atoms with Gasteiger partial charge in [0.15, 0.2) is 6.54 Å². The Kier molecular flexibility index (Phi) is 1.47. The molecule has 2 N–H and O–H groups in total. The monoisotopic (exact) mass is 159 g/mol. The molecule has 0 bridgehead atoms. The first kappa shape index (κ1) is 7.10. The third-order valence-corrected chi connectivity index (χ3v) is 2.02. The fraction of sp³-hybridized carbons (Fsp3) is 0.100. The van der Waals surface area contributed by atoms with Crippen molar-refractivity contribution >= 4 is 24.2 Å². The Labute approximate surface area is 71.6 Å². The highest BCUT2D eigenvalue weighted by Crippen LogP contribution is 2.25. The smallest absolute Gasteiger partial charge is 0.214 e. The molecule has 0 radical (unpaired) electrons. The van der Waals surface area contributed by atoms with E-state index in [2.05, 4.69) is 18.9 Å². The molecule has 0 atom stereocenters. The zero-order chi connectivity index (χ0) is 8.55. The van der Waals surface area contributed by atoms with E-state index in [4.69, 9.17) is 5.73 Å². The number of fused-ring (bicyclic) bond motifs is 1. The number of nitrogens with zero attached hydrogens (tertiary/aromatic N) is 1. The Hall–Kier alpha value is -1.57. The van der Waals surface area contributed by atoms with E-state index in [1.54, 1.807) is 0 Å². The first-order chi connectivity index (χ1) is 5.77. The van der Waals surface area contributed by atoms with E-state index in [-0.39, 0.29) is 0 Å². The summed E-state index contributed by atoms with van der Waals surface area (Å²) in [7, 11) is 0. The van der Waals surface area contributed by atoms with Crippen molar-refractivity contribution in [2.24, 2.45) is 0 Å². The van der Waals surface area contributed by atoms with Crippen LogP contribution in [0.4, 0.5) is 11.4 Å². The third-order valence-electron chi connectivity index (χ3n) is 2.02. The Balaban J connectivity index is 2.63. The van der Waals surface area contributed by atoms with Gasteiger partial charge in [0.05, 0.1) is 0 Å². The molecule has 0 saturated carbocycles. The topological polar surface area (TPSA) is 29.0 Å². The predicted molar refractivity (Wildman–Crippen MR) is 51.8 cm³/mol. The Morgan fingerprint density at radius 1 is 1.42 bits per heavy atom. The van der Waals surface area contributed by atoms with Gasteiger partial charge in [-0.2, -0.15) is 0 Å². The van der Waals surface area contributed by atoms with Crippen LogP contribution in [0, 0.1) is 0 Å². The van der Waals surface area contributed by atoms with Crippen molar-refractivity contribution in [2.75, 3.05) is 12.3 Å². The summed E-state index contributed by atoms with van der Waals surface area (Å²) < 4.78 is 1.94. The lowest BCUT2D eigenvalue weighted by molar-refractivity contribution is -0.419. The van der Waals surface area contributed by atoms with Gasteiger partial charge in [0.2, 0.25) is 5.69 Å². The van der Waals surface area contributed by atoms with Crippen LogP contribution in [0.5, 0.6) is 0 Å². The van der Waals surface area contributed by atoms with Crippen LogP contribution in [-0.2, 0) is 0 Å². The zero-order valence-electron chi connectivity index (χ0n) is 6.83.